The van der Waals surface area contributed by atoms with E-state index < -0.39 is 6.23 Å². The second kappa shape index (κ2) is 25.3. The van der Waals surface area contributed by atoms with Gasteiger partial charge in [-0.2, -0.15) is 0 Å². The Balaban J connectivity index is 2.10. The first-order chi connectivity index (χ1) is 20.5. The van der Waals surface area contributed by atoms with Crippen LogP contribution in [-0.2, 0) is 23.7 Å². The zero-order chi connectivity index (χ0) is 30.7. The molecule has 2 amide bonds. The molecule has 1 aromatic carbocycles. The van der Waals surface area contributed by atoms with Gasteiger partial charge in [-0.3, -0.25) is 9.59 Å². The van der Waals surface area contributed by atoms with Gasteiger partial charge >= 0.3 is 0 Å². The van der Waals surface area contributed by atoms with Crippen LogP contribution in [0.1, 0.15) is 44.0 Å². The maximum Gasteiger partial charge on any atom is 0.251 e. The van der Waals surface area contributed by atoms with E-state index in [1.165, 1.54) is 0 Å². The lowest BCUT2D eigenvalue weighted by Gasteiger charge is -2.15. The first kappa shape index (κ1) is 36.7. The summed E-state index contributed by atoms with van der Waals surface area (Å²) in [7, 11) is 0. The van der Waals surface area contributed by atoms with Crippen LogP contribution in [-0.4, -0.2) is 97.1 Å². The van der Waals surface area contributed by atoms with Gasteiger partial charge in [-0.05, 0) is 36.7 Å². The minimum absolute atomic E-state index is 0.0216. The van der Waals surface area contributed by atoms with Crippen molar-refractivity contribution >= 4 is 11.8 Å². The van der Waals surface area contributed by atoms with E-state index in [1.54, 1.807) is 24.3 Å². The van der Waals surface area contributed by atoms with Gasteiger partial charge in [0, 0.05) is 49.1 Å². The van der Waals surface area contributed by atoms with Crippen molar-refractivity contribution < 1.29 is 33.3 Å². The number of hydrogen-bond donors (Lipinski definition) is 3. The van der Waals surface area contributed by atoms with Gasteiger partial charge in [0.25, 0.3) is 5.91 Å². The first-order valence-corrected chi connectivity index (χ1v) is 14.3. The minimum Gasteiger partial charge on any atom is -0.491 e. The average molecular weight is 591 g/mol. The van der Waals surface area contributed by atoms with Crippen LogP contribution in [0, 0.1) is 17.8 Å². The van der Waals surface area contributed by atoms with E-state index in [0.717, 1.165) is 6.54 Å². The van der Waals surface area contributed by atoms with Gasteiger partial charge in [0.05, 0.1) is 33.0 Å². The van der Waals surface area contributed by atoms with Crippen molar-refractivity contribution in [2.45, 2.75) is 39.8 Å². The molecule has 3 N–H and O–H groups in total. The molecule has 1 unspecified atom stereocenters. The minimum atomic E-state index is -0.858. The van der Waals surface area contributed by atoms with Crippen LogP contribution in [0.3, 0.4) is 0 Å². The Hall–Kier alpha value is -3.37. The summed E-state index contributed by atoms with van der Waals surface area (Å²) < 4.78 is 27.5. The number of carbonyl (C=O) groups is 2. The van der Waals surface area contributed by atoms with Gasteiger partial charge in [-0.15, -0.1) is 0 Å². The van der Waals surface area contributed by atoms with E-state index >= 15 is 0 Å². The van der Waals surface area contributed by atoms with Crippen LogP contribution < -0.4 is 20.7 Å². The number of benzene rings is 1. The average Bonchev–Trinajstić information content (AvgIpc) is 2.98. The van der Waals surface area contributed by atoms with Crippen LogP contribution in [0.4, 0.5) is 0 Å². The molecule has 234 valence electrons. The zero-order valence-electron chi connectivity index (χ0n) is 25.1. The quantitative estimate of drug-likeness (QED) is 0.0544. The fraction of sp³-hybridized carbons (Fsp3) is 0.655. The van der Waals surface area contributed by atoms with Crippen molar-refractivity contribution in [3.8, 4) is 17.6 Å². The summed E-state index contributed by atoms with van der Waals surface area (Å²) in [6.07, 6.45) is 0.121. The highest BCUT2D eigenvalue weighted by Gasteiger charge is 2.10. The predicted octanol–water partition coefficient (Wildman–Crippen LogP) is 2.66. The van der Waals surface area contributed by atoms with Crippen LogP contribution in [0.2, 0.25) is 0 Å². The molecule has 1 aromatic rings. The summed E-state index contributed by atoms with van der Waals surface area (Å²) in [5.41, 5.74) is 9.29. The lowest BCUT2D eigenvalue weighted by Crippen LogP contribution is -2.31. The number of carbonyl (C=O) groups excluding carboxylic acids is 2. The van der Waals surface area contributed by atoms with Gasteiger partial charge in [-0.25, -0.2) is 0 Å². The smallest absolute Gasteiger partial charge is 0.251 e. The SMILES string of the molecule is CCNCCNC(=O)c1cccc(OCC(N=[N+]=[N-])OCCOCCOCCCC(=O)NCCOCC#CC(C)C)c1. The summed E-state index contributed by atoms with van der Waals surface area (Å²) in [6, 6.07) is 6.73. The summed E-state index contributed by atoms with van der Waals surface area (Å²) in [5.74, 6) is 6.47. The summed E-state index contributed by atoms with van der Waals surface area (Å²) in [4.78, 5) is 26.9. The van der Waals surface area contributed by atoms with E-state index in [4.69, 9.17) is 29.2 Å². The molecule has 1 atom stereocenters. The Kier molecular flexibility index (Phi) is 22.1. The lowest BCUT2D eigenvalue weighted by atomic mass is 10.2. The molecule has 0 aliphatic heterocycles. The van der Waals surface area contributed by atoms with Crippen molar-refractivity contribution in [3.05, 3.63) is 40.3 Å². The topological polar surface area (TPSA) is 165 Å². The Labute approximate surface area is 248 Å². The number of azide groups is 1. The molecule has 0 spiro atoms. The van der Waals surface area contributed by atoms with E-state index in [9.17, 15) is 9.59 Å². The van der Waals surface area contributed by atoms with Crippen LogP contribution in [0.25, 0.3) is 10.4 Å². The van der Waals surface area contributed by atoms with Crippen LogP contribution in [0.5, 0.6) is 5.75 Å². The van der Waals surface area contributed by atoms with Crippen molar-refractivity contribution in [1.29, 1.82) is 0 Å². The normalized spacial score (nSPS) is 11.2. The predicted molar refractivity (Wildman–Crippen MR) is 159 cm³/mol. The fourth-order valence-corrected chi connectivity index (χ4v) is 3.23. The molecule has 0 saturated carbocycles. The Bertz CT molecular complexity index is 992. The van der Waals surface area contributed by atoms with Gasteiger partial charge in [-0.1, -0.05) is 43.8 Å². The highest BCUT2D eigenvalue weighted by atomic mass is 16.6. The molecular formula is C29H46N6O7. The Morgan fingerprint density at radius 2 is 1.79 bits per heavy atom. The molecule has 1 rings (SSSR count). The molecular weight excluding hydrogens is 544 g/mol. The van der Waals surface area contributed by atoms with E-state index in [2.05, 4.69) is 37.8 Å². The van der Waals surface area contributed by atoms with Gasteiger partial charge in [0.15, 0.2) is 6.23 Å². The summed E-state index contributed by atoms with van der Waals surface area (Å²) in [5, 5.41) is 12.4. The van der Waals surface area contributed by atoms with Gasteiger partial charge < -0.3 is 39.6 Å². The zero-order valence-corrected chi connectivity index (χ0v) is 25.1. The molecule has 0 fully saturated rings. The molecule has 0 radical (unpaired) electrons. The van der Waals surface area contributed by atoms with Gasteiger partial charge in [0.2, 0.25) is 5.91 Å². The second-order valence-electron chi connectivity index (χ2n) is 9.19. The molecule has 13 nitrogen and oxygen atoms in total. The maximum atomic E-state index is 12.3. The standard InChI is InChI=1S/C29H46N6O7/c1-4-31-12-13-33-29(37)25-9-5-10-26(22-25)42-23-28(34-35-30)41-21-20-40-19-18-39-16-7-11-27(36)32-14-17-38-15-6-8-24(2)3/h5,9-10,22,24,28,31H,4,7,11-21,23H2,1-3H3,(H,32,36)(H,33,37). The molecule has 0 aromatic heterocycles. The first-order valence-electron chi connectivity index (χ1n) is 14.3. The largest absolute Gasteiger partial charge is 0.491 e. The molecule has 0 heterocycles. The number of amides is 2. The van der Waals surface area contributed by atoms with Crippen molar-refractivity contribution in [2.24, 2.45) is 11.0 Å². The highest BCUT2D eigenvalue weighted by molar-refractivity contribution is 5.94. The van der Waals surface area contributed by atoms with Gasteiger partial charge in [0.1, 0.15) is 19.0 Å². The number of rotatable bonds is 24. The number of likely N-dealkylation sites (N-methyl/N-ethyl adjacent to an activating group) is 1. The number of nitrogens with zero attached hydrogens (tertiary/aromatic N) is 3. The highest BCUT2D eigenvalue weighted by Crippen LogP contribution is 2.14. The molecule has 0 aliphatic carbocycles. The molecule has 0 aliphatic rings. The summed E-state index contributed by atoms with van der Waals surface area (Å²) in [6.45, 7) is 11.0. The third kappa shape index (κ3) is 20.5. The Morgan fingerprint density at radius 1 is 1.00 bits per heavy atom. The molecule has 42 heavy (non-hydrogen) atoms. The van der Waals surface area contributed by atoms with E-state index in [0.29, 0.717) is 82.7 Å². The van der Waals surface area contributed by atoms with Crippen molar-refractivity contribution in [3.63, 3.8) is 0 Å². The van der Waals surface area contributed by atoms with E-state index in [-0.39, 0.29) is 31.6 Å². The number of hydrogen-bond acceptors (Lipinski definition) is 9. The molecule has 13 heteroatoms. The third-order valence-corrected chi connectivity index (χ3v) is 5.24. The van der Waals surface area contributed by atoms with Crippen molar-refractivity contribution in [2.75, 3.05) is 79.0 Å². The Morgan fingerprint density at radius 3 is 2.55 bits per heavy atom. The molecule has 0 saturated heterocycles. The van der Waals surface area contributed by atoms with E-state index in [1.807, 2.05) is 20.8 Å². The monoisotopic (exact) mass is 590 g/mol. The summed E-state index contributed by atoms with van der Waals surface area (Å²) >= 11 is 0. The molecule has 0 bridgehead atoms. The van der Waals surface area contributed by atoms with Crippen LogP contribution in [0.15, 0.2) is 29.4 Å². The lowest BCUT2D eigenvalue weighted by molar-refractivity contribution is -0.121. The second-order valence-corrected chi connectivity index (χ2v) is 9.19. The number of ether oxygens (including phenoxy) is 5. The van der Waals surface area contributed by atoms with Crippen molar-refractivity contribution in [1.82, 2.24) is 16.0 Å². The number of nitrogens with one attached hydrogen (secondary N) is 3. The fourth-order valence-electron chi connectivity index (χ4n) is 3.23. The third-order valence-electron chi connectivity index (χ3n) is 5.24. The maximum absolute atomic E-state index is 12.3. The van der Waals surface area contributed by atoms with Crippen LogP contribution >= 0.6 is 0 Å².